The van der Waals surface area contributed by atoms with Crippen molar-refractivity contribution in [2.45, 2.75) is 0 Å². The van der Waals surface area contributed by atoms with Crippen LogP contribution in [-0.2, 0) is 0 Å². The first-order valence-corrected chi connectivity index (χ1v) is 5.78. The van der Waals surface area contributed by atoms with Gasteiger partial charge in [-0.25, -0.2) is 4.98 Å². The second kappa shape index (κ2) is 4.84. The molecule has 1 aromatic carbocycles. The number of anilines is 2. The third kappa shape index (κ3) is 2.54. The van der Waals surface area contributed by atoms with Gasteiger partial charge in [-0.2, -0.15) is 0 Å². The molecule has 0 saturated heterocycles. The Labute approximate surface area is 102 Å². The highest BCUT2D eigenvalue weighted by molar-refractivity contribution is 7.07. The van der Waals surface area contributed by atoms with Crippen LogP contribution in [0, 0.1) is 0 Å². The maximum Gasteiger partial charge on any atom is 0.275 e. The number of hydrogen-bond acceptors (Lipinski definition) is 5. The van der Waals surface area contributed by atoms with E-state index in [0.29, 0.717) is 22.8 Å². The molecule has 0 aliphatic rings. The van der Waals surface area contributed by atoms with E-state index in [1.54, 1.807) is 29.1 Å². The zero-order chi connectivity index (χ0) is 12.3. The van der Waals surface area contributed by atoms with Gasteiger partial charge in [0.15, 0.2) is 0 Å². The molecular formula is C11H11N3O2S. The molecule has 6 heteroatoms. The Kier molecular flexibility index (Phi) is 3.24. The largest absolute Gasteiger partial charge is 0.495 e. The molecule has 1 heterocycles. The van der Waals surface area contributed by atoms with Gasteiger partial charge in [-0.3, -0.25) is 4.79 Å². The summed E-state index contributed by atoms with van der Waals surface area (Å²) in [7, 11) is 1.53. The summed E-state index contributed by atoms with van der Waals surface area (Å²) in [5.74, 6) is 0.277. The lowest BCUT2D eigenvalue weighted by Crippen LogP contribution is -2.12. The molecule has 5 nitrogen and oxygen atoms in total. The molecule has 0 atom stereocenters. The number of carbonyl (C=O) groups excluding carboxylic acids is 1. The topological polar surface area (TPSA) is 77.2 Å². The van der Waals surface area contributed by atoms with E-state index in [1.807, 2.05) is 0 Å². The first kappa shape index (κ1) is 11.4. The number of nitrogens with two attached hydrogens (primary N) is 1. The van der Waals surface area contributed by atoms with Gasteiger partial charge in [0.25, 0.3) is 5.91 Å². The molecule has 2 rings (SSSR count). The molecule has 0 radical (unpaired) electrons. The number of carbonyl (C=O) groups is 1. The number of ether oxygens (including phenoxy) is 1. The fourth-order valence-corrected chi connectivity index (χ4v) is 1.84. The smallest absolute Gasteiger partial charge is 0.275 e. The van der Waals surface area contributed by atoms with Crippen LogP contribution in [0.25, 0.3) is 0 Å². The monoisotopic (exact) mass is 249 g/mol. The second-order valence-corrected chi connectivity index (χ2v) is 4.00. The molecule has 0 aliphatic heterocycles. The van der Waals surface area contributed by atoms with E-state index in [9.17, 15) is 4.79 Å². The van der Waals surface area contributed by atoms with Crippen LogP contribution >= 0.6 is 11.3 Å². The number of benzene rings is 1. The van der Waals surface area contributed by atoms with Gasteiger partial charge in [0, 0.05) is 17.1 Å². The SMILES string of the molecule is COc1cc(NC(=O)c2cscn2)ccc1N. The van der Waals surface area contributed by atoms with Gasteiger partial charge in [0.2, 0.25) is 0 Å². The first-order valence-electron chi connectivity index (χ1n) is 4.84. The number of nitrogen functional groups attached to an aromatic ring is 1. The lowest BCUT2D eigenvalue weighted by Gasteiger charge is -2.08. The van der Waals surface area contributed by atoms with E-state index in [0.717, 1.165) is 0 Å². The summed E-state index contributed by atoms with van der Waals surface area (Å²) in [4.78, 5) is 15.6. The summed E-state index contributed by atoms with van der Waals surface area (Å²) < 4.78 is 5.07. The molecule has 0 saturated carbocycles. The van der Waals surface area contributed by atoms with Crippen LogP contribution in [0.3, 0.4) is 0 Å². The quantitative estimate of drug-likeness (QED) is 0.815. The molecule has 0 bridgehead atoms. The zero-order valence-electron chi connectivity index (χ0n) is 9.14. The molecule has 1 amide bonds. The van der Waals surface area contributed by atoms with Crippen molar-refractivity contribution in [3.63, 3.8) is 0 Å². The lowest BCUT2D eigenvalue weighted by molar-refractivity contribution is 0.102. The summed E-state index contributed by atoms with van der Waals surface area (Å²) in [6.07, 6.45) is 0. The van der Waals surface area contributed by atoms with E-state index >= 15 is 0 Å². The first-order chi connectivity index (χ1) is 8.20. The van der Waals surface area contributed by atoms with Crippen molar-refractivity contribution in [3.8, 4) is 5.75 Å². The van der Waals surface area contributed by atoms with Crippen molar-refractivity contribution in [1.82, 2.24) is 4.98 Å². The average molecular weight is 249 g/mol. The Morgan fingerprint density at radius 1 is 1.53 bits per heavy atom. The summed E-state index contributed by atoms with van der Waals surface area (Å²) >= 11 is 1.37. The predicted octanol–water partition coefficient (Wildman–Crippen LogP) is 1.99. The van der Waals surface area contributed by atoms with Crippen molar-refractivity contribution in [2.24, 2.45) is 0 Å². The van der Waals surface area contributed by atoms with Gasteiger partial charge >= 0.3 is 0 Å². The molecule has 2 aromatic rings. The maximum absolute atomic E-state index is 11.7. The highest BCUT2D eigenvalue weighted by Crippen LogP contribution is 2.25. The minimum Gasteiger partial charge on any atom is -0.495 e. The molecule has 0 unspecified atom stereocenters. The van der Waals surface area contributed by atoms with Crippen LogP contribution in [0.4, 0.5) is 11.4 Å². The Hall–Kier alpha value is -2.08. The van der Waals surface area contributed by atoms with Gasteiger partial charge in [-0.1, -0.05) is 0 Å². The molecule has 0 fully saturated rings. The van der Waals surface area contributed by atoms with Gasteiger partial charge in [0.1, 0.15) is 11.4 Å². The number of nitrogens with zero attached hydrogens (tertiary/aromatic N) is 1. The summed E-state index contributed by atoms with van der Waals surface area (Å²) in [6.45, 7) is 0. The van der Waals surface area contributed by atoms with Crippen LogP contribution in [0.2, 0.25) is 0 Å². The summed E-state index contributed by atoms with van der Waals surface area (Å²) in [5.41, 5.74) is 8.83. The van der Waals surface area contributed by atoms with E-state index in [1.165, 1.54) is 18.4 Å². The highest BCUT2D eigenvalue weighted by atomic mass is 32.1. The highest BCUT2D eigenvalue weighted by Gasteiger charge is 2.09. The molecule has 1 aromatic heterocycles. The number of methoxy groups -OCH3 is 1. The Morgan fingerprint density at radius 3 is 3.00 bits per heavy atom. The second-order valence-electron chi connectivity index (χ2n) is 3.28. The van der Waals surface area contributed by atoms with Crippen LogP contribution in [0.5, 0.6) is 5.75 Å². The molecular weight excluding hydrogens is 238 g/mol. The molecule has 0 spiro atoms. The van der Waals surface area contributed by atoms with E-state index in [2.05, 4.69) is 10.3 Å². The molecule has 3 N–H and O–H groups in total. The van der Waals surface area contributed by atoms with Crippen LogP contribution in [0.1, 0.15) is 10.5 Å². The van der Waals surface area contributed by atoms with E-state index in [4.69, 9.17) is 10.5 Å². The van der Waals surface area contributed by atoms with Crippen molar-refractivity contribution in [3.05, 3.63) is 34.8 Å². The Morgan fingerprint density at radius 2 is 2.35 bits per heavy atom. The standard InChI is InChI=1S/C11H11N3O2S/c1-16-10-4-7(2-3-8(10)12)14-11(15)9-5-17-6-13-9/h2-6H,12H2,1H3,(H,14,15). The molecule has 17 heavy (non-hydrogen) atoms. The minimum absolute atomic E-state index is 0.252. The molecule has 88 valence electrons. The third-order valence-electron chi connectivity index (χ3n) is 2.16. The maximum atomic E-state index is 11.7. The van der Waals surface area contributed by atoms with Crippen molar-refractivity contribution in [1.29, 1.82) is 0 Å². The van der Waals surface area contributed by atoms with Gasteiger partial charge < -0.3 is 15.8 Å². The Balaban J connectivity index is 2.16. The fraction of sp³-hybridized carbons (Fsp3) is 0.0909. The third-order valence-corrected chi connectivity index (χ3v) is 2.74. The summed E-state index contributed by atoms with van der Waals surface area (Å²) in [6, 6.07) is 5.05. The number of rotatable bonds is 3. The number of hydrogen-bond donors (Lipinski definition) is 2. The van der Waals surface area contributed by atoms with Gasteiger partial charge in [-0.15, -0.1) is 11.3 Å². The summed E-state index contributed by atoms with van der Waals surface area (Å²) in [5, 5.41) is 4.40. The van der Waals surface area contributed by atoms with Crippen molar-refractivity contribution < 1.29 is 9.53 Å². The fourth-order valence-electron chi connectivity index (χ4n) is 1.31. The average Bonchev–Trinajstić information content (AvgIpc) is 2.85. The number of thiazole rings is 1. The van der Waals surface area contributed by atoms with Gasteiger partial charge in [-0.05, 0) is 12.1 Å². The number of amides is 1. The number of nitrogens with one attached hydrogen (secondary N) is 1. The normalized spacial score (nSPS) is 9.94. The van der Waals surface area contributed by atoms with Gasteiger partial charge in [0.05, 0.1) is 18.3 Å². The van der Waals surface area contributed by atoms with Crippen LogP contribution in [0.15, 0.2) is 29.1 Å². The zero-order valence-corrected chi connectivity index (χ0v) is 9.95. The lowest BCUT2D eigenvalue weighted by atomic mass is 10.2. The minimum atomic E-state index is -0.252. The van der Waals surface area contributed by atoms with Crippen molar-refractivity contribution in [2.75, 3.05) is 18.2 Å². The number of aromatic nitrogens is 1. The Bertz CT molecular complexity index is 526. The van der Waals surface area contributed by atoms with E-state index < -0.39 is 0 Å². The van der Waals surface area contributed by atoms with Crippen molar-refractivity contribution >= 4 is 28.6 Å². The van der Waals surface area contributed by atoms with Crippen LogP contribution in [-0.4, -0.2) is 18.0 Å². The van der Waals surface area contributed by atoms with E-state index in [-0.39, 0.29) is 5.91 Å². The molecule has 0 aliphatic carbocycles. The van der Waals surface area contributed by atoms with Crippen LogP contribution < -0.4 is 15.8 Å². The predicted molar refractivity (Wildman–Crippen MR) is 67.5 cm³/mol.